The third kappa shape index (κ3) is 4.05. The Morgan fingerprint density at radius 1 is 1.12 bits per heavy atom. The maximum atomic E-state index is 15.0. The van der Waals surface area contributed by atoms with Crippen LogP contribution in [-0.4, -0.2) is 33.7 Å². The van der Waals surface area contributed by atoms with Crippen LogP contribution in [0.5, 0.6) is 0 Å². The minimum Gasteiger partial charge on any atom is -0.477 e. The number of aromatic carboxylic acids is 1. The van der Waals surface area contributed by atoms with Gasteiger partial charge in [0.1, 0.15) is 11.2 Å². The van der Waals surface area contributed by atoms with Crippen molar-refractivity contribution in [3.05, 3.63) is 94.0 Å². The van der Waals surface area contributed by atoms with E-state index in [1.807, 2.05) is 59.5 Å². The molecule has 7 heteroatoms. The monoisotopic (exact) mass is 457 g/mol. The number of aromatic nitrogens is 2. The predicted octanol–water partition coefficient (Wildman–Crippen LogP) is 4.80. The number of anilines is 1. The van der Waals surface area contributed by atoms with Crippen LogP contribution in [-0.2, 0) is 6.54 Å². The Morgan fingerprint density at radius 3 is 2.47 bits per heavy atom. The van der Waals surface area contributed by atoms with Gasteiger partial charge in [0.15, 0.2) is 11.6 Å². The van der Waals surface area contributed by atoms with Gasteiger partial charge in [0.25, 0.3) is 0 Å². The van der Waals surface area contributed by atoms with Crippen molar-refractivity contribution in [3.63, 3.8) is 0 Å². The number of benzene rings is 2. The maximum Gasteiger partial charge on any atom is 0.341 e. The minimum atomic E-state index is -1.35. The van der Waals surface area contributed by atoms with E-state index >= 15 is 0 Å². The Labute approximate surface area is 195 Å². The zero-order valence-electron chi connectivity index (χ0n) is 18.7. The van der Waals surface area contributed by atoms with Crippen molar-refractivity contribution in [1.29, 1.82) is 0 Å². The number of nitrogens with zero attached hydrogens (tertiary/aromatic N) is 3. The number of hydrogen-bond acceptors (Lipinski definition) is 4. The van der Waals surface area contributed by atoms with Crippen molar-refractivity contribution >= 4 is 22.8 Å². The summed E-state index contributed by atoms with van der Waals surface area (Å²) in [4.78, 5) is 30.9. The molecule has 0 saturated carbocycles. The molecule has 1 atom stereocenters. The van der Waals surface area contributed by atoms with Crippen molar-refractivity contribution in [3.8, 4) is 11.1 Å². The molecule has 1 N–H and O–H groups in total. The highest BCUT2D eigenvalue weighted by Crippen LogP contribution is 2.27. The summed E-state index contributed by atoms with van der Waals surface area (Å²) in [6, 6.07) is 19.0. The lowest BCUT2D eigenvalue weighted by molar-refractivity contribution is 0.0695. The van der Waals surface area contributed by atoms with Gasteiger partial charge in [-0.15, -0.1) is 0 Å². The van der Waals surface area contributed by atoms with Gasteiger partial charge in [0.2, 0.25) is 5.43 Å². The average Bonchev–Trinajstić information content (AvgIpc) is 3.27. The molecule has 2 aromatic heterocycles. The van der Waals surface area contributed by atoms with Crippen molar-refractivity contribution in [1.82, 2.24) is 9.55 Å². The average molecular weight is 458 g/mol. The zero-order chi connectivity index (χ0) is 23.8. The number of halogens is 1. The summed E-state index contributed by atoms with van der Waals surface area (Å²) in [6.07, 6.45) is 2.25. The van der Waals surface area contributed by atoms with E-state index in [4.69, 9.17) is 0 Å². The van der Waals surface area contributed by atoms with E-state index in [-0.39, 0.29) is 16.9 Å². The van der Waals surface area contributed by atoms with E-state index in [2.05, 4.69) is 11.9 Å². The van der Waals surface area contributed by atoms with Crippen LogP contribution in [0.4, 0.5) is 10.2 Å². The predicted molar refractivity (Wildman–Crippen MR) is 130 cm³/mol. The molecule has 4 aromatic rings. The lowest BCUT2D eigenvalue weighted by Crippen LogP contribution is -2.24. The molecule has 0 spiro atoms. The van der Waals surface area contributed by atoms with Gasteiger partial charge in [0, 0.05) is 25.8 Å². The van der Waals surface area contributed by atoms with Gasteiger partial charge < -0.3 is 14.6 Å². The molecule has 2 aromatic carbocycles. The second-order valence-electron chi connectivity index (χ2n) is 8.87. The molecule has 6 nitrogen and oxygen atoms in total. The highest BCUT2D eigenvalue weighted by atomic mass is 19.1. The van der Waals surface area contributed by atoms with Crippen LogP contribution in [0.3, 0.4) is 0 Å². The molecule has 0 bridgehead atoms. The van der Waals surface area contributed by atoms with Crippen molar-refractivity contribution in [2.24, 2.45) is 5.92 Å². The molecule has 1 saturated heterocycles. The first kappa shape index (κ1) is 21.8. The largest absolute Gasteiger partial charge is 0.477 e. The van der Waals surface area contributed by atoms with Gasteiger partial charge in [0.05, 0.1) is 5.39 Å². The summed E-state index contributed by atoms with van der Waals surface area (Å²) in [6.45, 7) is 3.77. The molecule has 172 valence electrons. The Kier molecular flexibility index (Phi) is 5.61. The number of carboxylic acid groups (broad SMARTS) is 1. The fourth-order valence-corrected chi connectivity index (χ4v) is 4.53. The number of hydrogen-bond donors (Lipinski definition) is 1. The molecule has 34 heavy (non-hydrogen) atoms. The molecular weight excluding hydrogens is 433 g/mol. The van der Waals surface area contributed by atoms with Gasteiger partial charge >= 0.3 is 5.97 Å². The van der Waals surface area contributed by atoms with Gasteiger partial charge in [-0.3, -0.25) is 4.79 Å². The minimum absolute atomic E-state index is 0.0331. The van der Waals surface area contributed by atoms with E-state index < -0.39 is 22.8 Å². The number of carbonyl (C=O) groups is 1. The van der Waals surface area contributed by atoms with Crippen molar-refractivity contribution in [2.75, 3.05) is 18.0 Å². The summed E-state index contributed by atoms with van der Waals surface area (Å²) in [5, 5.41) is 9.53. The fraction of sp³-hybridized carbons (Fsp3) is 0.222. The molecule has 0 aliphatic carbocycles. The van der Waals surface area contributed by atoms with Crippen LogP contribution in [0.15, 0.2) is 71.7 Å². The molecule has 1 fully saturated rings. The molecular formula is C27H24FN3O3. The fourth-order valence-electron chi connectivity index (χ4n) is 4.53. The lowest BCUT2D eigenvalue weighted by Gasteiger charge is -2.20. The topological polar surface area (TPSA) is 75.4 Å². The van der Waals surface area contributed by atoms with E-state index in [0.717, 1.165) is 29.2 Å². The van der Waals surface area contributed by atoms with Crippen LogP contribution in [0, 0.1) is 11.7 Å². The molecule has 1 unspecified atom stereocenters. The Morgan fingerprint density at radius 2 is 1.82 bits per heavy atom. The quantitative estimate of drug-likeness (QED) is 0.466. The Balaban J connectivity index is 1.59. The second kappa shape index (κ2) is 8.74. The SMILES string of the molecule is CC1CCN(c2nc3c(cc2F)c(=O)c(C(=O)O)cn3Cc2ccc(-c3ccccc3)cc2)C1. The summed E-state index contributed by atoms with van der Waals surface area (Å²) in [7, 11) is 0. The molecule has 5 rings (SSSR count). The van der Waals surface area contributed by atoms with Crippen LogP contribution >= 0.6 is 0 Å². The highest BCUT2D eigenvalue weighted by Gasteiger charge is 2.25. The van der Waals surface area contributed by atoms with Crippen molar-refractivity contribution in [2.45, 2.75) is 19.9 Å². The van der Waals surface area contributed by atoms with E-state index in [9.17, 15) is 19.1 Å². The van der Waals surface area contributed by atoms with E-state index in [1.165, 1.54) is 6.20 Å². The van der Waals surface area contributed by atoms with Crippen LogP contribution < -0.4 is 10.3 Å². The first-order valence-corrected chi connectivity index (χ1v) is 11.3. The van der Waals surface area contributed by atoms with Gasteiger partial charge in [-0.25, -0.2) is 14.2 Å². The standard InChI is InChI=1S/C27H24FN3O3/c1-17-11-12-30(14-17)26-23(28)13-21-24(32)22(27(33)34)16-31(25(21)29-26)15-18-7-9-20(10-8-18)19-5-3-2-4-6-19/h2-10,13,16-17H,11-12,14-15H2,1H3,(H,33,34). The molecule has 0 radical (unpaired) electrons. The number of carboxylic acids is 1. The third-order valence-electron chi connectivity index (χ3n) is 6.35. The first-order valence-electron chi connectivity index (χ1n) is 11.3. The maximum absolute atomic E-state index is 15.0. The summed E-state index contributed by atoms with van der Waals surface area (Å²) in [5.74, 6) is -1.33. The van der Waals surface area contributed by atoms with Gasteiger partial charge in [-0.05, 0) is 35.1 Å². The lowest BCUT2D eigenvalue weighted by atomic mass is 10.0. The molecule has 1 aliphatic heterocycles. The molecule has 3 heterocycles. The van der Waals surface area contributed by atoms with Gasteiger partial charge in [-0.2, -0.15) is 0 Å². The smallest absolute Gasteiger partial charge is 0.341 e. The Hall–Kier alpha value is -4.00. The molecule has 1 aliphatic rings. The Bertz CT molecular complexity index is 1430. The zero-order valence-corrected chi connectivity index (χ0v) is 18.7. The number of pyridine rings is 2. The highest BCUT2D eigenvalue weighted by molar-refractivity contribution is 5.92. The summed E-state index contributed by atoms with van der Waals surface area (Å²) in [5.41, 5.74) is 2.20. The second-order valence-corrected chi connectivity index (χ2v) is 8.87. The summed E-state index contributed by atoms with van der Waals surface area (Å²) < 4.78 is 16.6. The number of rotatable bonds is 5. The summed E-state index contributed by atoms with van der Waals surface area (Å²) >= 11 is 0. The van der Waals surface area contributed by atoms with Crippen LogP contribution in [0.25, 0.3) is 22.2 Å². The first-order chi connectivity index (χ1) is 16.4. The van der Waals surface area contributed by atoms with Crippen LogP contribution in [0.1, 0.15) is 29.3 Å². The number of fused-ring (bicyclic) bond motifs is 1. The van der Waals surface area contributed by atoms with Gasteiger partial charge in [-0.1, -0.05) is 61.5 Å². The van der Waals surface area contributed by atoms with Crippen LogP contribution in [0.2, 0.25) is 0 Å². The third-order valence-corrected chi connectivity index (χ3v) is 6.35. The van der Waals surface area contributed by atoms with E-state index in [1.54, 1.807) is 4.57 Å². The molecule has 0 amide bonds. The van der Waals surface area contributed by atoms with E-state index in [0.29, 0.717) is 25.6 Å². The van der Waals surface area contributed by atoms with Crippen molar-refractivity contribution < 1.29 is 14.3 Å². The normalized spacial score (nSPS) is 15.7.